The van der Waals surface area contributed by atoms with Crippen molar-refractivity contribution >= 4 is 48.3 Å². The van der Waals surface area contributed by atoms with E-state index in [1.54, 1.807) is 18.2 Å². The predicted octanol–water partition coefficient (Wildman–Crippen LogP) is 3.80. The van der Waals surface area contributed by atoms with Crippen molar-refractivity contribution in [3.63, 3.8) is 0 Å². The topological polar surface area (TPSA) is 88.2 Å². The second kappa shape index (κ2) is 7.43. The molecule has 1 aromatic heterocycles. The van der Waals surface area contributed by atoms with Gasteiger partial charge in [0, 0.05) is 5.69 Å². The van der Waals surface area contributed by atoms with Crippen LogP contribution in [0.25, 0.3) is 10.2 Å². The van der Waals surface area contributed by atoms with Gasteiger partial charge in [0.2, 0.25) is 15.9 Å². The number of carbonyl (C=O) groups is 1. The van der Waals surface area contributed by atoms with Gasteiger partial charge in [0.05, 0.1) is 22.4 Å². The minimum Gasteiger partial charge on any atom is -0.326 e. The zero-order valence-corrected chi connectivity index (χ0v) is 16.0. The summed E-state index contributed by atoms with van der Waals surface area (Å²) in [5.74, 6) is -0.298. The lowest BCUT2D eigenvalue weighted by Gasteiger charge is -2.15. The second-order valence-corrected chi connectivity index (χ2v) is 8.72. The van der Waals surface area contributed by atoms with Crippen molar-refractivity contribution in [1.82, 2.24) is 4.98 Å². The molecule has 0 aliphatic rings. The standard InChI is InChI=1S/C18H19N3O3S2/c1-3-14(12-7-5-4-6-8-12)17(22)19-13-9-10-15-16(11-13)25-18(20-15)21-26(2,23)24/h4-11,14H,3H2,1-2H3,(H,19,22)(H,20,21)/t14-/m0/s1. The van der Waals surface area contributed by atoms with E-state index in [1.807, 2.05) is 37.3 Å². The second-order valence-electron chi connectivity index (χ2n) is 5.94. The van der Waals surface area contributed by atoms with Crippen LogP contribution < -0.4 is 10.0 Å². The SMILES string of the molecule is CC[C@H](C(=O)Nc1ccc2nc(NS(C)(=O)=O)sc2c1)c1ccccc1. The summed E-state index contributed by atoms with van der Waals surface area (Å²) in [6.45, 7) is 1.98. The third-order valence-electron chi connectivity index (χ3n) is 3.86. The van der Waals surface area contributed by atoms with Crippen molar-refractivity contribution in [2.45, 2.75) is 19.3 Å². The average Bonchev–Trinajstić information content (AvgIpc) is 2.96. The molecule has 3 rings (SSSR count). The lowest BCUT2D eigenvalue weighted by molar-refractivity contribution is -0.117. The minimum atomic E-state index is -3.37. The number of hydrogen-bond donors (Lipinski definition) is 2. The molecular weight excluding hydrogens is 370 g/mol. The van der Waals surface area contributed by atoms with Gasteiger partial charge in [-0.3, -0.25) is 9.52 Å². The summed E-state index contributed by atoms with van der Waals surface area (Å²) in [7, 11) is -3.37. The maximum atomic E-state index is 12.7. The molecular formula is C18H19N3O3S2. The van der Waals surface area contributed by atoms with E-state index in [1.165, 1.54) is 11.3 Å². The molecule has 2 aromatic carbocycles. The van der Waals surface area contributed by atoms with Crippen LogP contribution in [0.15, 0.2) is 48.5 Å². The zero-order valence-electron chi connectivity index (χ0n) is 14.4. The van der Waals surface area contributed by atoms with Gasteiger partial charge in [-0.25, -0.2) is 13.4 Å². The fourth-order valence-electron chi connectivity index (χ4n) is 2.69. The Morgan fingerprint density at radius 2 is 1.92 bits per heavy atom. The highest BCUT2D eigenvalue weighted by molar-refractivity contribution is 7.92. The van der Waals surface area contributed by atoms with Crippen LogP contribution in [0.1, 0.15) is 24.8 Å². The molecule has 0 aliphatic carbocycles. The molecule has 0 radical (unpaired) electrons. The van der Waals surface area contributed by atoms with E-state index < -0.39 is 10.0 Å². The van der Waals surface area contributed by atoms with E-state index in [0.29, 0.717) is 22.8 Å². The fraction of sp³-hybridized carbons (Fsp3) is 0.222. The Balaban J connectivity index is 1.81. The van der Waals surface area contributed by atoms with Crippen molar-refractivity contribution in [2.75, 3.05) is 16.3 Å². The van der Waals surface area contributed by atoms with Gasteiger partial charge in [0.1, 0.15) is 0 Å². The first-order valence-corrected chi connectivity index (χ1v) is 10.8. The summed E-state index contributed by atoms with van der Waals surface area (Å²) >= 11 is 1.22. The van der Waals surface area contributed by atoms with Gasteiger partial charge in [-0.1, -0.05) is 48.6 Å². The highest BCUT2D eigenvalue weighted by Crippen LogP contribution is 2.29. The normalized spacial score (nSPS) is 12.7. The number of fused-ring (bicyclic) bond motifs is 1. The Kier molecular flexibility index (Phi) is 5.24. The lowest BCUT2D eigenvalue weighted by Crippen LogP contribution is -2.20. The van der Waals surface area contributed by atoms with Crippen LogP contribution in [0.4, 0.5) is 10.8 Å². The molecule has 3 aromatic rings. The summed E-state index contributed by atoms with van der Waals surface area (Å²) in [6.07, 6.45) is 1.78. The Labute approximate surface area is 156 Å². The average molecular weight is 390 g/mol. The minimum absolute atomic E-state index is 0.0722. The van der Waals surface area contributed by atoms with Crippen LogP contribution in [0.3, 0.4) is 0 Å². The smallest absolute Gasteiger partial charge is 0.231 e. The number of nitrogens with zero attached hydrogens (tertiary/aromatic N) is 1. The Hall–Kier alpha value is -2.45. The first-order chi connectivity index (χ1) is 12.4. The highest BCUT2D eigenvalue weighted by atomic mass is 32.2. The van der Waals surface area contributed by atoms with E-state index in [2.05, 4.69) is 15.0 Å². The molecule has 0 spiro atoms. The number of benzene rings is 2. The molecule has 1 atom stereocenters. The van der Waals surface area contributed by atoms with Crippen LogP contribution in [0, 0.1) is 0 Å². The molecule has 0 unspecified atom stereocenters. The van der Waals surface area contributed by atoms with E-state index in [4.69, 9.17) is 0 Å². The van der Waals surface area contributed by atoms with Crippen LogP contribution in [-0.2, 0) is 14.8 Å². The van der Waals surface area contributed by atoms with Gasteiger partial charge < -0.3 is 5.32 Å². The number of thiazole rings is 1. The molecule has 0 bridgehead atoms. The summed E-state index contributed by atoms with van der Waals surface area (Å²) in [6, 6.07) is 15.0. The van der Waals surface area contributed by atoms with Gasteiger partial charge in [-0.05, 0) is 30.2 Å². The number of sulfonamides is 1. The van der Waals surface area contributed by atoms with Crippen LogP contribution in [-0.4, -0.2) is 25.6 Å². The number of hydrogen-bond acceptors (Lipinski definition) is 5. The van der Waals surface area contributed by atoms with Gasteiger partial charge in [0.25, 0.3) is 0 Å². The third-order valence-corrected chi connectivity index (χ3v) is 5.48. The van der Waals surface area contributed by atoms with Gasteiger partial charge in [-0.2, -0.15) is 0 Å². The number of anilines is 2. The number of rotatable bonds is 6. The Morgan fingerprint density at radius 3 is 2.58 bits per heavy atom. The van der Waals surface area contributed by atoms with Crippen molar-refractivity contribution in [2.24, 2.45) is 0 Å². The lowest BCUT2D eigenvalue weighted by atomic mass is 9.95. The largest absolute Gasteiger partial charge is 0.326 e. The molecule has 0 saturated carbocycles. The number of amides is 1. The molecule has 1 amide bonds. The van der Waals surface area contributed by atoms with Crippen LogP contribution in [0.2, 0.25) is 0 Å². The van der Waals surface area contributed by atoms with Crippen molar-refractivity contribution < 1.29 is 13.2 Å². The summed E-state index contributed by atoms with van der Waals surface area (Å²) in [5, 5.41) is 3.25. The molecule has 26 heavy (non-hydrogen) atoms. The molecule has 0 saturated heterocycles. The van der Waals surface area contributed by atoms with Crippen molar-refractivity contribution in [1.29, 1.82) is 0 Å². The predicted molar refractivity (Wildman–Crippen MR) is 106 cm³/mol. The maximum Gasteiger partial charge on any atom is 0.231 e. The highest BCUT2D eigenvalue weighted by Gasteiger charge is 2.19. The first-order valence-electron chi connectivity index (χ1n) is 8.10. The molecule has 136 valence electrons. The van der Waals surface area contributed by atoms with Crippen molar-refractivity contribution in [3.05, 3.63) is 54.1 Å². The van der Waals surface area contributed by atoms with Crippen LogP contribution >= 0.6 is 11.3 Å². The molecule has 6 nitrogen and oxygen atoms in total. The molecule has 0 fully saturated rings. The molecule has 2 N–H and O–H groups in total. The van der Waals surface area contributed by atoms with Gasteiger partial charge >= 0.3 is 0 Å². The number of nitrogens with one attached hydrogen (secondary N) is 2. The molecule has 1 heterocycles. The summed E-state index contributed by atoms with van der Waals surface area (Å²) in [5.41, 5.74) is 2.31. The Bertz CT molecular complexity index is 1030. The summed E-state index contributed by atoms with van der Waals surface area (Å²) in [4.78, 5) is 16.9. The van der Waals surface area contributed by atoms with Crippen LogP contribution in [0.5, 0.6) is 0 Å². The van der Waals surface area contributed by atoms with E-state index in [0.717, 1.165) is 16.5 Å². The Morgan fingerprint density at radius 1 is 1.19 bits per heavy atom. The maximum absolute atomic E-state index is 12.7. The number of aromatic nitrogens is 1. The first kappa shape index (κ1) is 18.3. The summed E-state index contributed by atoms with van der Waals surface area (Å²) < 4.78 is 25.8. The zero-order chi connectivity index (χ0) is 18.7. The van der Waals surface area contributed by atoms with E-state index in [-0.39, 0.29) is 11.8 Å². The van der Waals surface area contributed by atoms with Crippen molar-refractivity contribution in [3.8, 4) is 0 Å². The van der Waals surface area contributed by atoms with Gasteiger partial charge in [0.15, 0.2) is 5.13 Å². The quantitative estimate of drug-likeness (QED) is 0.671. The number of carbonyl (C=O) groups excluding carboxylic acids is 1. The molecule has 8 heteroatoms. The fourth-order valence-corrected chi connectivity index (χ4v) is 4.43. The van der Waals surface area contributed by atoms with E-state index in [9.17, 15) is 13.2 Å². The molecule has 0 aliphatic heterocycles. The monoisotopic (exact) mass is 389 g/mol. The van der Waals surface area contributed by atoms with Gasteiger partial charge in [-0.15, -0.1) is 0 Å². The van der Waals surface area contributed by atoms with E-state index >= 15 is 0 Å². The third kappa shape index (κ3) is 4.39.